The average molecular weight is 319 g/mol. The molecule has 3 atom stereocenters. The van der Waals surface area contributed by atoms with Crippen molar-refractivity contribution in [2.45, 2.75) is 32.5 Å². The Hall–Kier alpha value is -2.08. The number of amides is 1. The van der Waals surface area contributed by atoms with Crippen LogP contribution in [0.2, 0.25) is 0 Å². The minimum atomic E-state index is -0.582. The van der Waals surface area contributed by atoms with Gasteiger partial charge in [0.25, 0.3) is 0 Å². The lowest BCUT2D eigenvalue weighted by atomic mass is 9.59. The number of anilines is 1. The number of benzene rings is 1. The van der Waals surface area contributed by atoms with Gasteiger partial charge in [-0.15, -0.1) is 0 Å². The van der Waals surface area contributed by atoms with Gasteiger partial charge < -0.3 is 14.2 Å². The summed E-state index contributed by atoms with van der Waals surface area (Å²) < 4.78 is 16.0. The fourth-order valence-electron chi connectivity index (χ4n) is 3.59. The molecule has 0 bridgehead atoms. The van der Waals surface area contributed by atoms with Gasteiger partial charge in [0.2, 0.25) is 0 Å². The second-order valence-corrected chi connectivity index (χ2v) is 6.59. The lowest BCUT2D eigenvalue weighted by Crippen LogP contribution is -2.61. The summed E-state index contributed by atoms with van der Waals surface area (Å²) in [5.41, 5.74) is 0.719. The number of hydrogen-bond acceptors (Lipinski definition) is 5. The van der Waals surface area contributed by atoms with Gasteiger partial charge in [0.05, 0.1) is 18.8 Å². The Balaban J connectivity index is 1.69. The number of hydrogen-bond donors (Lipinski definition) is 1. The molecule has 1 aromatic rings. The molecular weight excluding hydrogens is 298 g/mol. The summed E-state index contributed by atoms with van der Waals surface area (Å²) in [6.45, 7) is 4.85. The van der Waals surface area contributed by atoms with Crippen molar-refractivity contribution in [2.24, 2.45) is 11.3 Å². The van der Waals surface area contributed by atoms with Gasteiger partial charge in [-0.1, -0.05) is 19.9 Å². The molecule has 1 aliphatic heterocycles. The van der Waals surface area contributed by atoms with Crippen molar-refractivity contribution in [1.82, 2.24) is 0 Å². The number of esters is 1. The van der Waals surface area contributed by atoms with Crippen LogP contribution in [0.3, 0.4) is 0 Å². The Morgan fingerprint density at radius 2 is 2.13 bits per heavy atom. The molecule has 1 saturated heterocycles. The third-order valence-electron chi connectivity index (χ3n) is 4.76. The van der Waals surface area contributed by atoms with Crippen LogP contribution < -0.4 is 5.32 Å². The Kier molecular flexibility index (Phi) is 4.02. The van der Waals surface area contributed by atoms with Crippen LogP contribution in [0.15, 0.2) is 24.3 Å². The molecule has 6 heteroatoms. The van der Waals surface area contributed by atoms with Crippen molar-refractivity contribution in [1.29, 1.82) is 0 Å². The number of carbonyl (C=O) groups is 2. The second kappa shape index (κ2) is 5.85. The van der Waals surface area contributed by atoms with Crippen LogP contribution in [0.25, 0.3) is 0 Å². The number of carbonyl (C=O) groups excluding carboxylic acids is 2. The van der Waals surface area contributed by atoms with Crippen LogP contribution in [-0.4, -0.2) is 38.0 Å². The first kappa shape index (κ1) is 15.8. The van der Waals surface area contributed by atoms with Gasteiger partial charge >= 0.3 is 12.1 Å². The van der Waals surface area contributed by atoms with E-state index in [1.54, 1.807) is 24.3 Å². The highest BCUT2D eigenvalue weighted by atomic mass is 16.6. The monoisotopic (exact) mass is 319 g/mol. The van der Waals surface area contributed by atoms with Crippen LogP contribution in [0.1, 0.15) is 30.6 Å². The molecule has 1 saturated carbocycles. The van der Waals surface area contributed by atoms with Crippen LogP contribution in [0.5, 0.6) is 0 Å². The normalized spacial score (nSPS) is 27.5. The van der Waals surface area contributed by atoms with Gasteiger partial charge in [-0.25, -0.2) is 9.59 Å². The van der Waals surface area contributed by atoms with Crippen LogP contribution >= 0.6 is 0 Å². The van der Waals surface area contributed by atoms with Crippen molar-refractivity contribution >= 4 is 17.7 Å². The SMILES string of the molecule is COC(=O)Nc1cccc(C(=O)O[C@@H]2[C@@H]3CCO[C@H]3C2(C)C)c1. The molecule has 124 valence electrons. The molecule has 1 N–H and O–H groups in total. The lowest BCUT2D eigenvalue weighted by molar-refractivity contribution is -0.183. The maximum atomic E-state index is 12.4. The summed E-state index contributed by atoms with van der Waals surface area (Å²) in [6.07, 6.45) is 0.379. The number of fused-ring (bicyclic) bond motifs is 1. The molecule has 1 amide bonds. The van der Waals surface area contributed by atoms with Gasteiger partial charge in [0.1, 0.15) is 6.10 Å². The molecule has 1 aromatic carbocycles. The fourth-order valence-corrected chi connectivity index (χ4v) is 3.59. The maximum absolute atomic E-state index is 12.4. The highest BCUT2D eigenvalue weighted by Crippen LogP contribution is 2.53. The van der Waals surface area contributed by atoms with E-state index in [-0.39, 0.29) is 29.5 Å². The standard InChI is InChI=1S/C17H21NO5/c1-17(2)13-12(7-8-22-13)14(17)23-15(19)10-5-4-6-11(9-10)18-16(20)21-3/h4-6,9,12-14H,7-8H2,1-3H3,(H,18,20)/t12-,13-,14-/m1/s1. The van der Waals surface area contributed by atoms with Gasteiger partial charge in [-0.05, 0) is 24.6 Å². The summed E-state index contributed by atoms with van der Waals surface area (Å²) in [4.78, 5) is 23.7. The van der Waals surface area contributed by atoms with E-state index in [0.29, 0.717) is 11.3 Å². The number of nitrogens with one attached hydrogen (secondary N) is 1. The topological polar surface area (TPSA) is 73.9 Å². The highest BCUT2D eigenvalue weighted by molar-refractivity contribution is 5.92. The Labute approximate surface area is 135 Å². The lowest BCUT2D eigenvalue weighted by Gasteiger charge is -2.53. The number of rotatable bonds is 3. The van der Waals surface area contributed by atoms with E-state index in [0.717, 1.165) is 13.0 Å². The first-order valence-corrected chi connectivity index (χ1v) is 7.71. The first-order chi connectivity index (χ1) is 10.9. The number of ether oxygens (including phenoxy) is 3. The molecule has 0 spiro atoms. The van der Waals surface area contributed by atoms with Crippen LogP contribution in [0.4, 0.5) is 10.5 Å². The Morgan fingerprint density at radius 3 is 2.87 bits per heavy atom. The zero-order valence-corrected chi connectivity index (χ0v) is 13.5. The van der Waals surface area contributed by atoms with E-state index in [4.69, 9.17) is 9.47 Å². The zero-order valence-electron chi connectivity index (χ0n) is 13.5. The average Bonchev–Trinajstić information content (AvgIpc) is 2.99. The van der Waals surface area contributed by atoms with E-state index in [1.165, 1.54) is 7.11 Å². The molecule has 0 aromatic heterocycles. The van der Waals surface area contributed by atoms with E-state index in [2.05, 4.69) is 23.9 Å². The van der Waals surface area contributed by atoms with Crippen molar-refractivity contribution < 1.29 is 23.8 Å². The largest absolute Gasteiger partial charge is 0.458 e. The zero-order chi connectivity index (χ0) is 16.6. The van der Waals surface area contributed by atoms with E-state index in [9.17, 15) is 9.59 Å². The first-order valence-electron chi connectivity index (χ1n) is 7.71. The summed E-state index contributed by atoms with van der Waals surface area (Å²) >= 11 is 0. The van der Waals surface area contributed by atoms with Crippen molar-refractivity contribution in [3.05, 3.63) is 29.8 Å². The molecule has 1 aliphatic carbocycles. The van der Waals surface area contributed by atoms with Gasteiger partial charge in [0, 0.05) is 23.6 Å². The highest BCUT2D eigenvalue weighted by Gasteiger charge is 2.61. The fraction of sp³-hybridized carbons (Fsp3) is 0.529. The maximum Gasteiger partial charge on any atom is 0.411 e. The van der Waals surface area contributed by atoms with Crippen LogP contribution in [-0.2, 0) is 14.2 Å². The second-order valence-electron chi connectivity index (χ2n) is 6.59. The van der Waals surface area contributed by atoms with Crippen LogP contribution in [0, 0.1) is 11.3 Å². The molecule has 23 heavy (non-hydrogen) atoms. The van der Waals surface area contributed by atoms with Crippen molar-refractivity contribution in [3.8, 4) is 0 Å². The summed E-state index contributed by atoms with van der Waals surface area (Å²) in [5.74, 6) is -0.104. The molecular formula is C17H21NO5. The minimum Gasteiger partial charge on any atom is -0.458 e. The van der Waals surface area contributed by atoms with E-state index in [1.807, 2.05) is 0 Å². The van der Waals surface area contributed by atoms with E-state index >= 15 is 0 Å². The molecule has 2 fully saturated rings. The summed E-state index contributed by atoms with van der Waals surface area (Å²) in [5, 5.41) is 2.53. The summed E-state index contributed by atoms with van der Waals surface area (Å²) in [7, 11) is 1.28. The molecule has 1 heterocycles. The van der Waals surface area contributed by atoms with Gasteiger partial charge in [-0.2, -0.15) is 0 Å². The predicted molar refractivity (Wildman–Crippen MR) is 83.3 cm³/mol. The van der Waals surface area contributed by atoms with E-state index < -0.39 is 6.09 Å². The van der Waals surface area contributed by atoms with Gasteiger partial charge in [-0.3, -0.25) is 5.32 Å². The Morgan fingerprint density at radius 1 is 1.35 bits per heavy atom. The summed E-state index contributed by atoms with van der Waals surface area (Å²) in [6, 6.07) is 6.61. The molecule has 0 unspecified atom stereocenters. The van der Waals surface area contributed by atoms with Crippen molar-refractivity contribution in [3.63, 3.8) is 0 Å². The molecule has 3 rings (SSSR count). The van der Waals surface area contributed by atoms with Gasteiger partial charge in [0.15, 0.2) is 0 Å². The molecule has 0 radical (unpaired) electrons. The number of methoxy groups -OCH3 is 1. The minimum absolute atomic E-state index is 0.139. The molecule has 6 nitrogen and oxygen atoms in total. The third-order valence-corrected chi connectivity index (χ3v) is 4.76. The Bertz CT molecular complexity index is 627. The quantitative estimate of drug-likeness (QED) is 0.867. The molecule has 2 aliphatic rings. The predicted octanol–water partition coefficient (Wildman–Crippen LogP) is 2.84. The smallest absolute Gasteiger partial charge is 0.411 e. The third kappa shape index (κ3) is 2.79. The van der Waals surface area contributed by atoms with Crippen molar-refractivity contribution in [2.75, 3.05) is 19.0 Å².